The van der Waals surface area contributed by atoms with Crippen molar-refractivity contribution >= 4 is 27.3 Å². The second kappa shape index (κ2) is 5.43. The molecule has 3 N–H and O–H groups in total. The molecule has 0 spiro atoms. The summed E-state index contributed by atoms with van der Waals surface area (Å²) in [4.78, 5) is 24.5. The lowest BCUT2D eigenvalue weighted by Crippen LogP contribution is -2.45. The van der Waals surface area contributed by atoms with Gasteiger partial charge in [0, 0.05) is 11.2 Å². The second-order valence-electron chi connectivity index (χ2n) is 5.05. The zero-order valence-corrected chi connectivity index (χ0v) is 12.8. The second-order valence-corrected chi connectivity index (χ2v) is 8.00. The van der Waals surface area contributed by atoms with Crippen LogP contribution < -0.4 is 14.9 Å². The number of thiazole rings is 1. The first-order chi connectivity index (χ1) is 8.51. The van der Waals surface area contributed by atoms with Gasteiger partial charge in [-0.3, -0.25) is 9.59 Å². The lowest BCUT2D eigenvalue weighted by molar-refractivity contribution is -0.121. The SMILES string of the molecule is Cc1[nH]c(=O)sc1S(=O)(=O)NCC(=O)NC(C)(C)C. The molecule has 1 aromatic heterocycles. The average molecular weight is 307 g/mol. The molecule has 0 saturated carbocycles. The Morgan fingerprint density at radius 2 is 1.95 bits per heavy atom. The Labute approximate surface area is 115 Å². The van der Waals surface area contributed by atoms with Crippen molar-refractivity contribution in [3.8, 4) is 0 Å². The van der Waals surface area contributed by atoms with Gasteiger partial charge in [0.15, 0.2) is 4.21 Å². The minimum absolute atomic E-state index is 0.0962. The zero-order valence-electron chi connectivity index (χ0n) is 11.2. The van der Waals surface area contributed by atoms with Crippen molar-refractivity contribution in [1.29, 1.82) is 0 Å². The molecule has 0 aliphatic carbocycles. The summed E-state index contributed by atoms with van der Waals surface area (Å²) in [5, 5.41) is 2.63. The van der Waals surface area contributed by atoms with Gasteiger partial charge in [0.25, 0.3) is 10.0 Å². The highest BCUT2D eigenvalue weighted by molar-refractivity contribution is 7.91. The largest absolute Gasteiger partial charge is 0.350 e. The van der Waals surface area contributed by atoms with E-state index in [9.17, 15) is 18.0 Å². The van der Waals surface area contributed by atoms with Gasteiger partial charge in [-0.1, -0.05) is 11.3 Å². The predicted molar refractivity (Wildman–Crippen MR) is 72.8 cm³/mol. The van der Waals surface area contributed by atoms with Gasteiger partial charge in [-0.2, -0.15) is 0 Å². The summed E-state index contributed by atoms with van der Waals surface area (Å²) in [5.41, 5.74) is -0.170. The Bertz CT molecular complexity index is 622. The summed E-state index contributed by atoms with van der Waals surface area (Å²) >= 11 is 0.593. The Morgan fingerprint density at radius 1 is 1.37 bits per heavy atom. The van der Waals surface area contributed by atoms with Gasteiger partial charge in [0.2, 0.25) is 5.91 Å². The van der Waals surface area contributed by atoms with Crippen LogP contribution in [0.4, 0.5) is 0 Å². The maximum atomic E-state index is 11.9. The van der Waals surface area contributed by atoms with Gasteiger partial charge < -0.3 is 10.3 Å². The van der Waals surface area contributed by atoms with Crippen molar-refractivity contribution in [1.82, 2.24) is 15.0 Å². The molecule has 19 heavy (non-hydrogen) atoms. The highest BCUT2D eigenvalue weighted by Gasteiger charge is 2.22. The van der Waals surface area contributed by atoms with E-state index < -0.39 is 26.3 Å². The van der Waals surface area contributed by atoms with E-state index in [-0.39, 0.29) is 16.4 Å². The highest BCUT2D eigenvalue weighted by Crippen LogP contribution is 2.14. The van der Waals surface area contributed by atoms with Crippen LogP contribution in [0.2, 0.25) is 0 Å². The Hall–Kier alpha value is -1.19. The van der Waals surface area contributed by atoms with Gasteiger partial charge in [0.1, 0.15) is 0 Å². The Kier molecular flexibility index (Phi) is 4.54. The number of rotatable bonds is 4. The molecule has 0 radical (unpaired) electrons. The summed E-state index contributed by atoms with van der Waals surface area (Å²) < 4.78 is 25.9. The third-order valence-corrected chi connectivity index (χ3v) is 4.97. The molecule has 1 amide bonds. The van der Waals surface area contributed by atoms with Crippen LogP contribution in [0.5, 0.6) is 0 Å². The minimum Gasteiger partial charge on any atom is -0.350 e. The first kappa shape index (κ1) is 15.9. The van der Waals surface area contributed by atoms with E-state index in [1.165, 1.54) is 6.92 Å². The van der Waals surface area contributed by atoms with Gasteiger partial charge in [0.05, 0.1) is 6.54 Å². The fourth-order valence-electron chi connectivity index (χ4n) is 1.34. The number of nitrogens with one attached hydrogen (secondary N) is 3. The zero-order chi connectivity index (χ0) is 14.8. The van der Waals surface area contributed by atoms with Crippen molar-refractivity contribution in [2.24, 2.45) is 0 Å². The van der Waals surface area contributed by atoms with E-state index in [0.29, 0.717) is 11.3 Å². The van der Waals surface area contributed by atoms with Crippen molar-refractivity contribution in [3.63, 3.8) is 0 Å². The summed E-state index contributed by atoms with van der Waals surface area (Å²) in [7, 11) is -3.84. The molecule has 1 rings (SSSR count). The maximum Gasteiger partial charge on any atom is 0.305 e. The standard InChI is InChI=1S/C10H17N3O4S2/c1-6-8(18-9(15)12-6)19(16,17)11-5-7(14)13-10(2,3)4/h11H,5H2,1-4H3,(H,12,15)(H,13,14). The van der Waals surface area contributed by atoms with Crippen LogP contribution in [-0.4, -0.2) is 31.4 Å². The first-order valence-electron chi connectivity index (χ1n) is 5.52. The van der Waals surface area contributed by atoms with Gasteiger partial charge in [-0.25, -0.2) is 13.1 Å². The number of hydrogen-bond donors (Lipinski definition) is 3. The molecule has 1 heterocycles. The van der Waals surface area contributed by atoms with Gasteiger partial charge >= 0.3 is 4.87 Å². The fraction of sp³-hybridized carbons (Fsp3) is 0.600. The van der Waals surface area contributed by atoms with Crippen LogP contribution in [0.25, 0.3) is 0 Å². The number of carbonyl (C=O) groups is 1. The molecule has 0 bridgehead atoms. The Balaban J connectivity index is 2.75. The number of aryl methyl sites for hydroxylation is 1. The molecule has 7 nitrogen and oxygen atoms in total. The number of amides is 1. The van der Waals surface area contributed by atoms with E-state index in [1.54, 1.807) is 20.8 Å². The molecule has 9 heteroatoms. The molecule has 108 valence electrons. The van der Waals surface area contributed by atoms with Crippen molar-refractivity contribution < 1.29 is 13.2 Å². The third kappa shape index (κ3) is 4.77. The molecule has 0 aliphatic rings. The molecule has 0 fully saturated rings. The Morgan fingerprint density at radius 3 is 2.37 bits per heavy atom. The normalized spacial score (nSPS) is 12.4. The number of H-pyrrole nitrogens is 1. The maximum absolute atomic E-state index is 11.9. The number of aromatic amines is 1. The molecule has 0 aliphatic heterocycles. The lowest BCUT2D eigenvalue weighted by atomic mass is 10.1. The summed E-state index contributed by atoms with van der Waals surface area (Å²) in [6.45, 7) is 6.50. The van der Waals surface area contributed by atoms with Crippen LogP contribution in [0, 0.1) is 6.92 Å². The van der Waals surface area contributed by atoms with E-state index in [2.05, 4.69) is 15.0 Å². The molecular formula is C10H17N3O4S2. The van der Waals surface area contributed by atoms with E-state index >= 15 is 0 Å². The van der Waals surface area contributed by atoms with Crippen molar-refractivity contribution in [3.05, 3.63) is 15.4 Å². The van der Waals surface area contributed by atoms with E-state index in [4.69, 9.17) is 0 Å². The number of sulfonamides is 1. The highest BCUT2D eigenvalue weighted by atomic mass is 32.2. The lowest BCUT2D eigenvalue weighted by Gasteiger charge is -2.20. The summed E-state index contributed by atoms with van der Waals surface area (Å²) in [6.07, 6.45) is 0. The van der Waals surface area contributed by atoms with Crippen molar-refractivity contribution in [2.75, 3.05) is 6.54 Å². The van der Waals surface area contributed by atoms with Gasteiger partial charge in [-0.05, 0) is 27.7 Å². The topological polar surface area (TPSA) is 108 Å². The number of hydrogen-bond acceptors (Lipinski definition) is 5. The smallest absolute Gasteiger partial charge is 0.305 e. The number of carbonyl (C=O) groups excluding carboxylic acids is 1. The molecule has 0 saturated heterocycles. The fourth-order valence-corrected chi connectivity index (χ4v) is 3.66. The third-order valence-electron chi connectivity index (χ3n) is 1.96. The predicted octanol–water partition coefficient (Wildman–Crippen LogP) is -0.0622. The van der Waals surface area contributed by atoms with E-state index in [1.807, 2.05) is 0 Å². The van der Waals surface area contributed by atoms with Crippen LogP contribution in [0.15, 0.2) is 9.00 Å². The summed E-state index contributed by atoms with van der Waals surface area (Å²) in [5.74, 6) is -0.434. The van der Waals surface area contributed by atoms with Crippen LogP contribution in [-0.2, 0) is 14.8 Å². The molecule has 0 unspecified atom stereocenters. The molecule has 1 aromatic rings. The van der Waals surface area contributed by atoms with Crippen molar-refractivity contribution in [2.45, 2.75) is 37.4 Å². The van der Waals surface area contributed by atoms with Crippen LogP contribution in [0.1, 0.15) is 26.5 Å². The first-order valence-corrected chi connectivity index (χ1v) is 7.81. The van der Waals surface area contributed by atoms with Crippen LogP contribution >= 0.6 is 11.3 Å². The monoisotopic (exact) mass is 307 g/mol. The molecular weight excluding hydrogens is 290 g/mol. The minimum atomic E-state index is -3.84. The van der Waals surface area contributed by atoms with Gasteiger partial charge in [-0.15, -0.1) is 0 Å². The molecule has 0 aromatic carbocycles. The quantitative estimate of drug-likeness (QED) is 0.724. The molecule has 0 atom stereocenters. The van der Waals surface area contributed by atoms with E-state index in [0.717, 1.165) is 0 Å². The number of aromatic nitrogens is 1. The van der Waals surface area contributed by atoms with Crippen LogP contribution in [0.3, 0.4) is 0 Å². The average Bonchev–Trinajstić information content (AvgIpc) is 2.53. The summed E-state index contributed by atoms with van der Waals surface area (Å²) in [6, 6.07) is 0.